The molecule has 6 heteroatoms. The zero-order chi connectivity index (χ0) is 16.2. The van der Waals surface area contributed by atoms with Gasteiger partial charge < -0.3 is 14.6 Å². The Morgan fingerprint density at radius 3 is 2.92 bits per heavy atom. The summed E-state index contributed by atoms with van der Waals surface area (Å²) in [5, 5.41) is 7.45. The van der Waals surface area contributed by atoms with E-state index in [0.717, 1.165) is 37.2 Å². The number of ether oxygens (including phenoxy) is 1. The van der Waals surface area contributed by atoms with Crippen LogP contribution in [0.5, 0.6) is 11.6 Å². The van der Waals surface area contributed by atoms with Crippen LogP contribution in [0.4, 0.5) is 0 Å². The van der Waals surface area contributed by atoms with E-state index < -0.39 is 0 Å². The molecule has 0 bridgehead atoms. The third-order valence-electron chi connectivity index (χ3n) is 4.06. The fourth-order valence-corrected chi connectivity index (χ4v) is 2.83. The van der Waals surface area contributed by atoms with Crippen molar-refractivity contribution in [1.29, 1.82) is 0 Å². The summed E-state index contributed by atoms with van der Waals surface area (Å²) in [4.78, 5) is 8.83. The molecule has 1 fully saturated rings. The van der Waals surface area contributed by atoms with Crippen LogP contribution in [0.25, 0.3) is 11.4 Å². The smallest absolute Gasteiger partial charge is 0.230 e. The zero-order valence-corrected chi connectivity index (χ0v) is 13.2. The normalized spacial score (nSPS) is 17.1. The van der Waals surface area contributed by atoms with Gasteiger partial charge in [-0.25, -0.2) is 4.98 Å². The number of nitrogens with one attached hydrogen (secondary N) is 1. The van der Waals surface area contributed by atoms with Crippen LogP contribution in [0.2, 0.25) is 0 Å². The van der Waals surface area contributed by atoms with Gasteiger partial charge in [-0.15, -0.1) is 0 Å². The molecule has 1 unspecified atom stereocenters. The number of pyridine rings is 1. The Bertz CT molecular complexity index is 798. The molecule has 0 amide bonds. The molecule has 6 nitrogen and oxygen atoms in total. The molecule has 1 N–H and O–H groups in total. The average molecular weight is 322 g/mol. The van der Waals surface area contributed by atoms with Crippen molar-refractivity contribution in [3.8, 4) is 23.0 Å². The molecule has 122 valence electrons. The lowest BCUT2D eigenvalue weighted by molar-refractivity contribution is 0.357. The van der Waals surface area contributed by atoms with Crippen molar-refractivity contribution in [2.24, 2.45) is 5.92 Å². The standard InChI is InChI=1S/C18H18N4O2/c1-2-5-14(6-3-1)23-18-15(7-4-9-20-18)17-21-16(24-22-17)11-13-8-10-19-12-13/h1-7,9,13,19H,8,10-12H2. The van der Waals surface area contributed by atoms with Crippen LogP contribution in [0.1, 0.15) is 12.3 Å². The van der Waals surface area contributed by atoms with E-state index in [4.69, 9.17) is 9.26 Å². The van der Waals surface area contributed by atoms with E-state index >= 15 is 0 Å². The first kappa shape index (κ1) is 14.8. The number of benzene rings is 1. The van der Waals surface area contributed by atoms with E-state index in [-0.39, 0.29) is 0 Å². The van der Waals surface area contributed by atoms with E-state index in [1.807, 2.05) is 42.5 Å². The minimum Gasteiger partial charge on any atom is -0.438 e. The van der Waals surface area contributed by atoms with Crippen LogP contribution in [-0.4, -0.2) is 28.2 Å². The topological polar surface area (TPSA) is 73.1 Å². The predicted octanol–water partition coefficient (Wildman–Crippen LogP) is 3.08. The van der Waals surface area contributed by atoms with Crippen molar-refractivity contribution in [1.82, 2.24) is 20.4 Å². The quantitative estimate of drug-likeness (QED) is 0.778. The fraction of sp³-hybridized carbons (Fsp3) is 0.278. The van der Waals surface area contributed by atoms with Crippen molar-refractivity contribution >= 4 is 0 Å². The molecule has 0 radical (unpaired) electrons. The molecule has 1 aromatic carbocycles. The van der Waals surface area contributed by atoms with Gasteiger partial charge in [0.1, 0.15) is 5.75 Å². The summed E-state index contributed by atoms with van der Waals surface area (Å²) in [5.74, 6) is 2.92. The molecule has 2 aromatic heterocycles. The highest BCUT2D eigenvalue weighted by Gasteiger charge is 2.20. The van der Waals surface area contributed by atoms with Crippen LogP contribution in [0, 0.1) is 5.92 Å². The Hall–Kier alpha value is -2.73. The first-order valence-electron chi connectivity index (χ1n) is 8.10. The van der Waals surface area contributed by atoms with Crippen molar-refractivity contribution in [2.75, 3.05) is 13.1 Å². The minimum atomic E-state index is 0.471. The molecular weight excluding hydrogens is 304 g/mol. The Balaban J connectivity index is 1.56. The van der Waals surface area contributed by atoms with E-state index in [1.54, 1.807) is 6.20 Å². The summed E-state index contributed by atoms with van der Waals surface area (Å²) in [7, 11) is 0. The van der Waals surface area contributed by atoms with Crippen molar-refractivity contribution in [3.63, 3.8) is 0 Å². The summed E-state index contributed by atoms with van der Waals surface area (Å²) in [5.41, 5.74) is 0.723. The molecule has 3 heterocycles. The number of para-hydroxylation sites is 1. The van der Waals surface area contributed by atoms with Gasteiger partial charge in [-0.05, 0) is 49.7 Å². The zero-order valence-electron chi connectivity index (χ0n) is 13.2. The summed E-state index contributed by atoms with van der Waals surface area (Å²) in [6.45, 7) is 2.07. The summed E-state index contributed by atoms with van der Waals surface area (Å²) < 4.78 is 11.3. The van der Waals surface area contributed by atoms with Crippen molar-refractivity contribution in [2.45, 2.75) is 12.8 Å². The molecule has 1 atom stereocenters. The molecular formula is C18H18N4O2. The number of aromatic nitrogens is 3. The predicted molar refractivity (Wildman–Crippen MR) is 88.7 cm³/mol. The summed E-state index contributed by atoms with van der Waals surface area (Å²) in [6, 6.07) is 13.3. The van der Waals surface area contributed by atoms with Gasteiger partial charge in [0.05, 0.1) is 5.56 Å². The highest BCUT2D eigenvalue weighted by Crippen LogP contribution is 2.29. The third kappa shape index (κ3) is 3.28. The highest BCUT2D eigenvalue weighted by atomic mass is 16.5. The maximum absolute atomic E-state index is 5.86. The Kier molecular flexibility index (Phi) is 4.20. The van der Waals surface area contributed by atoms with Gasteiger partial charge in [0.15, 0.2) is 0 Å². The van der Waals surface area contributed by atoms with Gasteiger partial charge in [-0.3, -0.25) is 0 Å². The SMILES string of the molecule is c1ccc(Oc2ncccc2-c2noc(CC3CCNC3)n2)cc1. The molecule has 1 aliphatic heterocycles. The molecule has 0 aliphatic carbocycles. The second-order valence-corrected chi connectivity index (χ2v) is 5.85. The second kappa shape index (κ2) is 6.80. The van der Waals surface area contributed by atoms with Crippen molar-refractivity contribution in [3.05, 3.63) is 54.6 Å². The van der Waals surface area contributed by atoms with Gasteiger partial charge >= 0.3 is 0 Å². The van der Waals surface area contributed by atoms with Crippen LogP contribution in [0.15, 0.2) is 53.2 Å². The Morgan fingerprint density at radius 2 is 2.08 bits per heavy atom. The van der Waals surface area contributed by atoms with E-state index in [0.29, 0.717) is 23.5 Å². The first-order valence-corrected chi connectivity index (χ1v) is 8.10. The lowest BCUT2D eigenvalue weighted by Crippen LogP contribution is -2.10. The molecule has 1 aliphatic rings. The molecule has 4 rings (SSSR count). The maximum Gasteiger partial charge on any atom is 0.230 e. The van der Waals surface area contributed by atoms with E-state index in [9.17, 15) is 0 Å². The second-order valence-electron chi connectivity index (χ2n) is 5.85. The molecule has 0 spiro atoms. The van der Waals surface area contributed by atoms with Gasteiger partial charge in [0.2, 0.25) is 17.6 Å². The Morgan fingerprint density at radius 1 is 1.17 bits per heavy atom. The van der Waals surface area contributed by atoms with Gasteiger partial charge in [0.25, 0.3) is 0 Å². The molecule has 3 aromatic rings. The summed E-state index contributed by atoms with van der Waals surface area (Å²) >= 11 is 0. The minimum absolute atomic E-state index is 0.471. The third-order valence-corrected chi connectivity index (χ3v) is 4.06. The molecule has 24 heavy (non-hydrogen) atoms. The lowest BCUT2D eigenvalue weighted by Gasteiger charge is -2.07. The average Bonchev–Trinajstić information content (AvgIpc) is 3.29. The number of nitrogens with zero attached hydrogens (tertiary/aromatic N) is 3. The van der Waals surface area contributed by atoms with Crippen molar-refractivity contribution < 1.29 is 9.26 Å². The van der Waals surface area contributed by atoms with Crippen LogP contribution in [-0.2, 0) is 6.42 Å². The molecule has 0 saturated carbocycles. The van der Waals surface area contributed by atoms with Gasteiger partial charge in [-0.1, -0.05) is 23.4 Å². The monoisotopic (exact) mass is 322 g/mol. The summed E-state index contributed by atoms with van der Waals surface area (Å²) in [6.07, 6.45) is 3.63. The number of hydrogen-bond acceptors (Lipinski definition) is 6. The largest absolute Gasteiger partial charge is 0.438 e. The van der Waals surface area contributed by atoms with Crippen LogP contribution < -0.4 is 10.1 Å². The number of rotatable bonds is 5. The maximum atomic E-state index is 5.86. The van der Waals surface area contributed by atoms with Gasteiger partial charge in [0, 0.05) is 12.6 Å². The van der Waals surface area contributed by atoms with Crippen LogP contribution in [0.3, 0.4) is 0 Å². The van der Waals surface area contributed by atoms with E-state index in [1.165, 1.54) is 0 Å². The first-order chi connectivity index (χ1) is 11.9. The van der Waals surface area contributed by atoms with Crippen LogP contribution >= 0.6 is 0 Å². The Labute approximate surface area is 139 Å². The van der Waals surface area contributed by atoms with E-state index in [2.05, 4.69) is 20.4 Å². The lowest BCUT2D eigenvalue weighted by atomic mass is 10.1. The van der Waals surface area contributed by atoms with Gasteiger partial charge in [-0.2, -0.15) is 4.98 Å². The fourth-order valence-electron chi connectivity index (χ4n) is 2.83. The number of hydrogen-bond donors (Lipinski definition) is 1. The highest BCUT2D eigenvalue weighted by molar-refractivity contribution is 5.61. The molecule has 1 saturated heterocycles.